The van der Waals surface area contributed by atoms with Crippen LogP contribution in [0.1, 0.15) is 24.8 Å². The van der Waals surface area contributed by atoms with E-state index in [1.165, 1.54) is 51.0 Å². The van der Waals surface area contributed by atoms with Crippen molar-refractivity contribution >= 4 is 24.8 Å². The van der Waals surface area contributed by atoms with Crippen molar-refractivity contribution < 1.29 is 4.74 Å². The molecule has 2 saturated heterocycles. The van der Waals surface area contributed by atoms with E-state index in [0.29, 0.717) is 5.41 Å². The Balaban J connectivity index is 0.00000121. The van der Waals surface area contributed by atoms with E-state index in [-0.39, 0.29) is 24.8 Å². The maximum absolute atomic E-state index is 5.44. The molecule has 2 aliphatic heterocycles. The van der Waals surface area contributed by atoms with Crippen LogP contribution >= 0.6 is 24.8 Å². The molecule has 2 aliphatic rings. The zero-order valence-corrected chi connectivity index (χ0v) is 16.8. The molecule has 2 fully saturated rings. The summed E-state index contributed by atoms with van der Waals surface area (Å²) in [6.07, 6.45) is 7.81. The summed E-state index contributed by atoms with van der Waals surface area (Å²) < 4.78 is 7.39. The van der Waals surface area contributed by atoms with Gasteiger partial charge in [-0.05, 0) is 67.6 Å². The Morgan fingerprint density at radius 2 is 2.15 bits per heavy atom. The summed E-state index contributed by atoms with van der Waals surface area (Å²) in [6, 6.07) is 8.24. The number of aromatic nitrogens is 2. The highest BCUT2D eigenvalue weighted by atomic mass is 35.5. The fourth-order valence-corrected chi connectivity index (χ4v) is 4.23. The minimum absolute atomic E-state index is 0. The number of nitrogens with zero attached hydrogens (tertiary/aromatic N) is 3. The number of likely N-dealkylation sites (tertiary alicyclic amines) is 1. The van der Waals surface area contributed by atoms with Crippen molar-refractivity contribution in [2.24, 2.45) is 5.41 Å². The standard InChI is InChI=1S/C19H26N4O.2ClH/c1-24-17-4-5-18(23-10-3-9-21-23)16(12-17)13-22-11-7-19(15-22)6-2-8-20-14-19;;/h3-5,9-10,12,20H,2,6-8,11,13-15H2,1H3;2*1H. The highest BCUT2D eigenvalue weighted by Crippen LogP contribution is 2.37. The number of ether oxygens (including phenoxy) is 1. The van der Waals surface area contributed by atoms with Gasteiger partial charge >= 0.3 is 0 Å². The van der Waals surface area contributed by atoms with Crippen LogP contribution in [-0.2, 0) is 6.54 Å². The fourth-order valence-electron chi connectivity index (χ4n) is 4.23. The summed E-state index contributed by atoms with van der Waals surface area (Å²) in [5, 5.41) is 8.00. The molecule has 144 valence electrons. The summed E-state index contributed by atoms with van der Waals surface area (Å²) >= 11 is 0. The Kier molecular flexibility index (Phi) is 7.35. The lowest BCUT2D eigenvalue weighted by atomic mass is 9.80. The Labute approximate surface area is 167 Å². The number of halogens is 2. The topological polar surface area (TPSA) is 42.3 Å². The van der Waals surface area contributed by atoms with Gasteiger partial charge < -0.3 is 10.1 Å². The van der Waals surface area contributed by atoms with Gasteiger partial charge in [0.1, 0.15) is 5.75 Å². The number of benzene rings is 1. The molecule has 7 heteroatoms. The molecule has 0 saturated carbocycles. The molecule has 26 heavy (non-hydrogen) atoms. The summed E-state index contributed by atoms with van der Waals surface area (Å²) in [4.78, 5) is 2.59. The Morgan fingerprint density at radius 3 is 2.85 bits per heavy atom. The first-order valence-electron chi connectivity index (χ1n) is 8.88. The predicted molar refractivity (Wildman–Crippen MR) is 109 cm³/mol. The van der Waals surface area contributed by atoms with E-state index in [0.717, 1.165) is 18.0 Å². The first-order valence-corrected chi connectivity index (χ1v) is 8.88. The summed E-state index contributed by atoms with van der Waals surface area (Å²) in [5.41, 5.74) is 2.91. The predicted octanol–water partition coefficient (Wildman–Crippen LogP) is 3.30. The second-order valence-corrected chi connectivity index (χ2v) is 7.19. The van der Waals surface area contributed by atoms with Crippen LogP contribution in [0.5, 0.6) is 5.75 Å². The Hall–Kier alpha value is -1.27. The second-order valence-electron chi connectivity index (χ2n) is 7.19. The Bertz CT molecular complexity index is 687. The maximum atomic E-state index is 5.44. The molecule has 1 atom stereocenters. The molecule has 5 nitrogen and oxygen atoms in total. The van der Waals surface area contributed by atoms with Gasteiger partial charge in [-0.3, -0.25) is 4.90 Å². The highest BCUT2D eigenvalue weighted by molar-refractivity contribution is 5.85. The lowest BCUT2D eigenvalue weighted by Gasteiger charge is -2.34. The summed E-state index contributed by atoms with van der Waals surface area (Å²) in [7, 11) is 1.73. The van der Waals surface area contributed by atoms with Crippen molar-refractivity contribution in [3.63, 3.8) is 0 Å². The van der Waals surface area contributed by atoms with E-state index < -0.39 is 0 Å². The summed E-state index contributed by atoms with van der Waals surface area (Å²) in [6.45, 7) is 5.68. The molecule has 3 heterocycles. The van der Waals surface area contributed by atoms with Crippen LogP contribution in [-0.4, -0.2) is 48.0 Å². The van der Waals surface area contributed by atoms with E-state index >= 15 is 0 Å². The van der Waals surface area contributed by atoms with Crippen molar-refractivity contribution in [3.05, 3.63) is 42.2 Å². The number of piperidine rings is 1. The third kappa shape index (κ3) is 4.34. The average molecular weight is 399 g/mol. The zero-order valence-electron chi connectivity index (χ0n) is 15.2. The quantitative estimate of drug-likeness (QED) is 0.857. The van der Waals surface area contributed by atoms with Crippen LogP contribution < -0.4 is 10.1 Å². The molecule has 1 N–H and O–H groups in total. The van der Waals surface area contributed by atoms with Crippen LogP contribution in [0, 0.1) is 5.41 Å². The molecule has 0 bridgehead atoms. The van der Waals surface area contributed by atoms with E-state index in [1.54, 1.807) is 7.11 Å². The van der Waals surface area contributed by atoms with Crippen molar-refractivity contribution in [1.29, 1.82) is 0 Å². The third-order valence-corrected chi connectivity index (χ3v) is 5.51. The number of hydrogen-bond donors (Lipinski definition) is 1. The summed E-state index contributed by atoms with van der Waals surface area (Å²) in [5.74, 6) is 0.911. The third-order valence-electron chi connectivity index (χ3n) is 5.51. The van der Waals surface area contributed by atoms with Gasteiger partial charge in [0.2, 0.25) is 0 Å². The lowest BCUT2D eigenvalue weighted by Crippen LogP contribution is -2.41. The first-order chi connectivity index (χ1) is 11.8. The normalized spacial score (nSPS) is 22.7. The van der Waals surface area contributed by atoms with Crippen LogP contribution in [0.15, 0.2) is 36.7 Å². The van der Waals surface area contributed by atoms with Gasteiger partial charge in [0.05, 0.1) is 12.8 Å². The molecular formula is C19H28Cl2N4O. The molecule has 4 rings (SSSR count). The molecule has 0 radical (unpaired) electrons. The van der Waals surface area contributed by atoms with Gasteiger partial charge in [0.15, 0.2) is 0 Å². The van der Waals surface area contributed by atoms with Gasteiger partial charge in [-0.15, -0.1) is 24.8 Å². The molecule has 0 amide bonds. The molecule has 1 spiro atoms. The van der Waals surface area contributed by atoms with Crippen molar-refractivity contribution in [2.45, 2.75) is 25.8 Å². The van der Waals surface area contributed by atoms with Crippen molar-refractivity contribution in [1.82, 2.24) is 20.0 Å². The number of nitrogens with one attached hydrogen (secondary N) is 1. The minimum atomic E-state index is 0. The van der Waals surface area contributed by atoms with Gasteiger partial charge in [0.25, 0.3) is 0 Å². The van der Waals surface area contributed by atoms with E-state index in [1.807, 2.05) is 29.2 Å². The molecule has 1 unspecified atom stereocenters. The largest absolute Gasteiger partial charge is 0.497 e. The minimum Gasteiger partial charge on any atom is -0.497 e. The van der Waals surface area contributed by atoms with Crippen LogP contribution in [0.2, 0.25) is 0 Å². The number of rotatable bonds is 4. The van der Waals surface area contributed by atoms with Crippen LogP contribution in [0.4, 0.5) is 0 Å². The van der Waals surface area contributed by atoms with Crippen molar-refractivity contribution in [3.8, 4) is 11.4 Å². The lowest BCUT2D eigenvalue weighted by molar-refractivity contribution is 0.199. The second kappa shape index (κ2) is 9.09. The maximum Gasteiger partial charge on any atom is 0.119 e. The van der Waals surface area contributed by atoms with E-state index in [2.05, 4.69) is 27.4 Å². The monoisotopic (exact) mass is 398 g/mol. The average Bonchev–Trinajstić information content (AvgIpc) is 3.26. The molecule has 0 aliphatic carbocycles. The van der Waals surface area contributed by atoms with Gasteiger partial charge in [-0.25, -0.2) is 4.68 Å². The molecule has 2 aromatic rings. The van der Waals surface area contributed by atoms with Crippen molar-refractivity contribution in [2.75, 3.05) is 33.3 Å². The number of methoxy groups -OCH3 is 1. The van der Waals surface area contributed by atoms with Crippen LogP contribution in [0.25, 0.3) is 5.69 Å². The highest BCUT2D eigenvalue weighted by Gasteiger charge is 2.38. The smallest absolute Gasteiger partial charge is 0.119 e. The Morgan fingerprint density at radius 1 is 1.27 bits per heavy atom. The van der Waals surface area contributed by atoms with Gasteiger partial charge in [-0.2, -0.15) is 5.10 Å². The fraction of sp³-hybridized carbons (Fsp3) is 0.526. The van der Waals surface area contributed by atoms with E-state index in [9.17, 15) is 0 Å². The van der Waals surface area contributed by atoms with E-state index in [4.69, 9.17) is 4.74 Å². The number of hydrogen-bond acceptors (Lipinski definition) is 4. The zero-order chi connectivity index (χ0) is 16.4. The SMILES string of the molecule is COc1ccc(-n2cccn2)c(CN2CCC3(CCCNC3)C2)c1.Cl.Cl. The first kappa shape index (κ1) is 21.0. The molecule has 1 aromatic carbocycles. The van der Waals surface area contributed by atoms with Gasteiger partial charge in [0, 0.05) is 32.0 Å². The van der Waals surface area contributed by atoms with Crippen LogP contribution in [0.3, 0.4) is 0 Å². The van der Waals surface area contributed by atoms with Gasteiger partial charge in [-0.1, -0.05) is 0 Å². The molecular weight excluding hydrogens is 371 g/mol. The molecule has 1 aromatic heterocycles.